The molecule has 2 bridgehead atoms. The van der Waals surface area contributed by atoms with E-state index in [1.165, 1.54) is 6.20 Å². The lowest BCUT2D eigenvalue weighted by Gasteiger charge is -2.14. The van der Waals surface area contributed by atoms with Crippen molar-refractivity contribution in [1.82, 2.24) is 9.97 Å². The molecule has 2 heterocycles. The number of ether oxygens (including phenoxy) is 2. The SMILES string of the molecule is N#Cc1ncc2nc1OCC/C=C\COc1ccc(CCO)cc1NC(=O)N2. The number of carbonyl (C=O) groups is 1. The summed E-state index contributed by atoms with van der Waals surface area (Å²) in [5.74, 6) is 0.704. The van der Waals surface area contributed by atoms with Crippen molar-refractivity contribution in [3.05, 3.63) is 47.8 Å². The van der Waals surface area contributed by atoms with Crippen molar-refractivity contribution in [2.75, 3.05) is 30.5 Å². The highest BCUT2D eigenvalue weighted by Crippen LogP contribution is 2.27. The van der Waals surface area contributed by atoms with Gasteiger partial charge in [-0.2, -0.15) is 10.2 Å². The fourth-order valence-corrected chi connectivity index (χ4v) is 2.51. The van der Waals surface area contributed by atoms with Crippen molar-refractivity contribution in [1.29, 1.82) is 5.26 Å². The van der Waals surface area contributed by atoms with Gasteiger partial charge in [-0.1, -0.05) is 18.2 Å². The molecule has 0 saturated carbocycles. The summed E-state index contributed by atoms with van der Waals surface area (Å²) in [6.45, 7) is 0.613. The first kappa shape index (κ1) is 19.1. The predicted molar refractivity (Wildman–Crippen MR) is 101 cm³/mol. The van der Waals surface area contributed by atoms with Gasteiger partial charge >= 0.3 is 6.03 Å². The second-order valence-corrected chi connectivity index (χ2v) is 5.82. The number of nitriles is 1. The Hall–Kier alpha value is -3.64. The van der Waals surface area contributed by atoms with Crippen LogP contribution in [0.2, 0.25) is 0 Å². The summed E-state index contributed by atoms with van der Waals surface area (Å²) < 4.78 is 11.2. The van der Waals surface area contributed by atoms with Crippen LogP contribution in [-0.2, 0) is 6.42 Å². The highest BCUT2D eigenvalue weighted by molar-refractivity contribution is 6.00. The number of anilines is 2. The van der Waals surface area contributed by atoms with Crippen LogP contribution in [0.5, 0.6) is 11.6 Å². The zero-order chi connectivity index (χ0) is 19.8. The molecule has 0 spiro atoms. The number of aliphatic hydroxyl groups excluding tert-OH is 1. The van der Waals surface area contributed by atoms with Crippen molar-refractivity contribution in [3.8, 4) is 17.7 Å². The molecule has 0 fully saturated rings. The number of hydrogen-bond donors (Lipinski definition) is 3. The molecule has 0 atom stereocenters. The van der Waals surface area contributed by atoms with Gasteiger partial charge < -0.3 is 19.9 Å². The second kappa shape index (κ2) is 9.34. The van der Waals surface area contributed by atoms with E-state index in [1.54, 1.807) is 12.1 Å². The monoisotopic (exact) mass is 381 g/mol. The maximum Gasteiger partial charge on any atom is 0.325 e. The average Bonchev–Trinajstić information content (AvgIpc) is 2.69. The molecule has 2 amide bonds. The maximum absolute atomic E-state index is 12.4. The highest BCUT2D eigenvalue weighted by atomic mass is 16.5. The summed E-state index contributed by atoms with van der Waals surface area (Å²) in [6.07, 6.45) is 6.05. The molecular formula is C19H19N5O4. The van der Waals surface area contributed by atoms with Gasteiger partial charge in [0.1, 0.15) is 18.4 Å². The van der Waals surface area contributed by atoms with Gasteiger partial charge in [0.15, 0.2) is 5.82 Å². The van der Waals surface area contributed by atoms with Crippen LogP contribution in [0.3, 0.4) is 0 Å². The molecule has 2 aromatic rings. The molecule has 1 aromatic heterocycles. The Bertz CT molecular complexity index is 923. The third-order valence-corrected chi connectivity index (χ3v) is 3.81. The molecule has 28 heavy (non-hydrogen) atoms. The quantitative estimate of drug-likeness (QED) is 0.680. The van der Waals surface area contributed by atoms with E-state index in [9.17, 15) is 4.79 Å². The molecule has 0 unspecified atom stereocenters. The van der Waals surface area contributed by atoms with E-state index < -0.39 is 6.03 Å². The van der Waals surface area contributed by atoms with Crippen molar-refractivity contribution in [2.24, 2.45) is 0 Å². The predicted octanol–water partition coefficient (Wildman–Crippen LogP) is 2.24. The molecule has 1 aliphatic rings. The minimum atomic E-state index is -0.554. The van der Waals surface area contributed by atoms with Crippen molar-refractivity contribution < 1.29 is 19.4 Å². The van der Waals surface area contributed by atoms with Crippen LogP contribution in [-0.4, -0.2) is 40.9 Å². The first-order valence-electron chi connectivity index (χ1n) is 8.69. The number of fused-ring (bicyclic) bond motifs is 3. The summed E-state index contributed by atoms with van der Waals surface area (Å²) in [4.78, 5) is 20.5. The van der Waals surface area contributed by atoms with Crippen LogP contribution in [0.1, 0.15) is 17.7 Å². The molecule has 9 nitrogen and oxygen atoms in total. The zero-order valence-corrected chi connectivity index (χ0v) is 15.0. The van der Waals surface area contributed by atoms with E-state index in [0.29, 0.717) is 37.5 Å². The number of urea groups is 1. The zero-order valence-electron chi connectivity index (χ0n) is 15.0. The van der Waals surface area contributed by atoms with Gasteiger partial charge in [0.2, 0.25) is 5.69 Å². The summed E-state index contributed by atoms with van der Waals surface area (Å²) in [5.41, 5.74) is 1.36. The summed E-state index contributed by atoms with van der Waals surface area (Å²) in [5, 5.41) is 23.5. The summed E-state index contributed by atoms with van der Waals surface area (Å²) in [6, 6.07) is 6.67. The van der Waals surface area contributed by atoms with Crippen LogP contribution < -0.4 is 20.1 Å². The molecule has 3 N–H and O–H groups in total. The normalized spacial score (nSPS) is 15.2. The fourth-order valence-electron chi connectivity index (χ4n) is 2.51. The van der Waals surface area contributed by atoms with Crippen LogP contribution in [0, 0.1) is 11.3 Å². The van der Waals surface area contributed by atoms with Gasteiger partial charge in [0, 0.05) is 6.61 Å². The number of nitrogens with zero attached hydrogens (tertiary/aromatic N) is 3. The molecule has 0 radical (unpaired) electrons. The van der Waals surface area contributed by atoms with Crippen molar-refractivity contribution in [2.45, 2.75) is 12.8 Å². The number of nitrogens with one attached hydrogen (secondary N) is 2. The Morgan fingerprint density at radius 3 is 2.96 bits per heavy atom. The molecule has 3 rings (SSSR count). The van der Waals surface area contributed by atoms with Crippen molar-refractivity contribution >= 4 is 17.5 Å². The maximum atomic E-state index is 12.4. The number of benzene rings is 1. The second-order valence-electron chi connectivity index (χ2n) is 5.82. The van der Waals surface area contributed by atoms with Crippen LogP contribution in [0.4, 0.5) is 16.3 Å². The van der Waals surface area contributed by atoms with Gasteiger partial charge in [0.25, 0.3) is 5.88 Å². The smallest absolute Gasteiger partial charge is 0.325 e. The summed E-state index contributed by atoms with van der Waals surface area (Å²) in [7, 11) is 0. The molecule has 9 heteroatoms. The Labute approximate surface area is 161 Å². The van der Waals surface area contributed by atoms with Gasteiger partial charge in [-0.25, -0.2) is 9.78 Å². The van der Waals surface area contributed by atoms with Crippen LogP contribution in [0.15, 0.2) is 36.5 Å². The minimum absolute atomic E-state index is 0.00180. The Morgan fingerprint density at radius 2 is 2.14 bits per heavy atom. The number of aromatic nitrogens is 2. The highest BCUT2D eigenvalue weighted by Gasteiger charge is 2.13. The van der Waals surface area contributed by atoms with Gasteiger partial charge in [-0.3, -0.25) is 5.32 Å². The van der Waals surface area contributed by atoms with E-state index in [0.717, 1.165) is 5.56 Å². The molecule has 1 aliphatic heterocycles. The molecular weight excluding hydrogens is 362 g/mol. The van der Waals surface area contributed by atoms with Crippen molar-refractivity contribution in [3.63, 3.8) is 0 Å². The van der Waals surface area contributed by atoms with Gasteiger partial charge in [0.05, 0.1) is 18.5 Å². The first-order chi connectivity index (χ1) is 13.7. The first-order valence-corrected chi connectivity index (χ1v) is 8.69. The number of amides is 2. The van der Waals surface area contributed by atoms with Gasteiger partial charge in [-0.15, -0.1) is 0 Å². The van der Waals surface area contributed by atoms with E-state index >= 15 is 0 Å². The molecule has 1 aromatic carbocycles. The topological polar surface area (TPSA) is 129 Å². The lowest BCUT2D eigenvalue weighted by atomic mass is 10.1. The molecule has 0 saturated heterocycles. The largest absolute Gasteiger partial charge is 0.487 e. The fraction of sp³-hybridized carbons (Fsp3) is 0.263. The third-order valence-electron chi connectivity index (χ3n) is 3.81. The van der Waals surface area contributed by atoms with E-state index in [-0.39, 0.29) is 24.0 Å². The standard InChI is InChI=1S/C19H19N5O4/c20-11-15-18-23-17(12-21-15)24-19(26)22-14-10-13(6-7-25)4-5-16(14)27-8-2-1-3-9-28-18/h1-2,4-5,10,12,25H,3,6-9H2,(H2,22,23,24,26)/b2-1-. The van der Waals surface area contributed by atoms with Gasteiger partial charge in [-0.05, 0) is 30.5 Å². The number of carbonyl (C=O) groups excluding carboxylic acids is 1. The average molecular weight is 381 g/mol. The number of hydrogen-bond acceptors (Lipinski definition) is 7. The summed E-state index contributed by atoms with van der Waals surface area (Å²) >= 11 is 0. The Morgan fingerprint density at radius 1 is 1.25 bits per heavy atom. The molecule has 144 valence electrons. The number of aliphatic hydroxyl groups is 1. The Kier molecular flexibility index (Phi) is 6.38. The Balaban J connectivity index is 1.90. The number of rotatable bonds is 2. The van der Waals surface area contributed by atoms with Crippen LogP contribution in [0.25, 0.3) is 0 Å². The van der Waals surface area contributed by atoms with E-state index in [2.05, 4.69) is 20.6 Å². The van der Waals surface area contributed by atoms with E-state index in [4.69, 9.17) is 19.8 Å². The lowest BCUT2D eigenvalue weighted by molar-refractivity contribution is 0.262. The van der Waals surface area contributed by atoms with E-state index in [1.807, 2.05) is 24.3 Å². The van der Waals surface area contributed by atoms with Crippen LogP contribution >= 0.6 is 0 Å². The molecule has 0 aliphatic carbocycles. The minimum Gasteiger partial charge on any atom is -0.487 e. The lowest BCUT2D eigenvalue weighted by Crippen LogP contribution is -2.21. The third kappa shape index (κ3) is 4.96.